The molecule has 1 saturated heterocycles. The summed E-state index contributed by atoms with van der Waals surface area (Å²) in [6.07, 6.45) is -0.543. The summed E-state index contributed by atoms with van der Waals surface area (Å²) in [5.41, 5.74) is 0.936. The number of aliphatic hydroxyl groups excluding tert-OH is 1. The molecule has 21 heavy (non-hydrogen) atoms. The molecule has 2 rings (SSSR count). The summed E-state index contributed by atoms with van der Waals surface area (Å²) in [5, 5.41) is 11.9. The number of carbonyl (C=O) groups is 1. The van der Waals surface area contributed by atoms with Crippen LogP contribution < -0.4 is 10.1 Å². The van der Waals surface area contributed by atoms with Crippen LogP contribution in [-0.4, -0.2) is 43.7 Å². The zero-order valence-electron chi connectivity index (χ0n) is 12.2. The van der Waals surface area contributed by atoms with E-state index in [1.54, 1.807) is 14.0 Å². The molecule has 1 fully saturated rings. The van der Waals surface area contributed by atoms with E-state index in [0.717, 1.165) is 11.3 Å². The molecule has 2 N–H and O–H groups in total. The number of aliphatic hydroxyl groups is 1. The van der Waals surface area contributed by atoms with Crippen molar-refractivity contribution in [2.24, 2.45) is 0 Å². The second-order valence-corrected chi connectivity index (χ2v) is 5.08. The Hall–Kier alpha value is -1.79. The fourth-order valence-corrected chi connectivity index (χ4v) is 2.17. The number of alkyl carbamates (subject to hydrolysis) is 1. The summed E-state index contributed by atoms with van der Waals surface area (Å²) >= 11 is 0. The molecule has 1 aromatic carbocycles. The van der Waals surface area contributed by atoms with Gasteiger partial charge in [-0.25, -0.2) is 4.79 Å². The van der Waals surface area contributed by atoms with Gasteiger partial charge in [-0.2, -0.15) is 0 Å². The molecule has 0 bridgehead atoms. The fourth-order valence-electron chi connectivity index (χ4n) is 2.17. The van der Waals surface area contributed by atoms with Crippen molar-refractivity contribution in [1.29, 1.82) is 0 Å². The number of methoxy groups -OCH3 is 1. The summed E-state index contributed by atoms with van der Waals surface area (Å²) in [6, 6.07) is 7.24. The molecule has 116 valence electrons. The Kier molecular flexibility index (Phi) is 5.41. The lowest BCUT2D eigenvalue weighted by molar-refractivity contribution is 0.0590. The van der Waals surface area contributed by atoms with Crippen molar-refractivity contribution < 1.29 is 24.1 Å². The van der Waals surface area contributed by atoms with Crippen LogP contribution in [0.5, 0.6) is 5.75 Å². The van der Waals surface area contributed by atoms with Gasteiger partial charge in [-0.3, -0.25) is 0 Å². The molecule has 0 aliphatic carbocycles. The Bertz CT molecular complexity index is 460. The van der Waals surface area contributed by atoms with Crippen molar-refractivity contribution in [2.45, 2.75) is 31.6 Å². The first-order chi connectivity index (χ1) is 10.1. The highest BCUT2D eigenvalue weighted by Crippen LogP contribution is 2.26. The molecule has 6 heteroatoms. The van der Waals surface area contributed by atoms with Crippen molar-refractivity contribution in [3.05, 3.63) is 29.8 Å². The van der Waals surface area contributed by atoms with Gasteiger partial charge in [0.2, 0.25) is 0 Å². The summed E-state index contributed by atoms with van der Waals surface area (Å²) in [4.78, 5) is 11.3. The second kappa shape index (κ2) is 7.28. The average Bonchev–Trinajstić information content (AvgIpc) is 2.80. The zero-order chi connectivity index (χ0) is 15.2. The Morgan fingerprint density at radius 1 is 1.38 bits per heavy atom. The summed E-state index contributed by atoms with van der Waals surface area (Å²) < 4.78 is 15.7. The molecule has 0 aromatic heterocycles. The van der Waals surface area contributed by atoms with Gasteiger partial charge in [0.15, 0.2) is 6.10 Å². The molecule has 1 aliphatic heterocycles. The van der Waals surface area contributed by atoms with Gasteiger partial charge in [-0.15, -0.1) is 0 Å². The van der Waals surface area contributed by atoms with Crippen molar-refractivity contribution in [2.75, 3.05) is 20.3 Å². The first-order valence-electron chi connectivity index (χ1n) is 6.97. The van der Waals surface area contributed by atoms with Crippen LogP contribution in [0, 0.1) is 0 Å². The number of ether oxygens (including phenoxy) is 3. The lowest BCUT2D eigenvalue weighted by Gasteiger charge is -2.16. The Balaban J connectivity index is 1.96. The molecule has 3 unspecified atom stereocenters. The van der Waals surface area contributed by atoms with E-state index >= 15 is 0 Å². The number of amides is 1. The smallest absolute Gasteiger partial charge is 0.408 e. The van der Waals surface area contributed by atoms with E-state index in [-0.39, 0.29) is 18.2 Å². The van der Waals surface area contributed by atoms with Gasteiger partial charge < -0.3 is 24.6 Å². The van der Waals surface area contributed by atoms with Gasteiger partial charge in [0.25, 0.3) is 0 Å². The number of rotatable bonds is 7. The number of hydrogen-bond acceptors (Lipinski definition) is 5. The molecule has 0 saturated carbocycles. The normalized spacial score (nSPS) is 22.5. The Morgan fingerprint density at radius 2 is 2.10 bits per heavy atom. The van der Waals surface area contributed by atoms with Gasteiger partial charge in [0.05, 0.1) is 25.4 Å². The van der Waals surface area contributed by atoms with E-state index in [9.17, 15) is 9.90 Å². The highest BCUT2D eigenvalue weighted by Gasteiger charge is 2.35. The molecular weight excluding hydrogens is 274 g/mol. The Labute approximate surface area is 124 Å². The van der Waals surface area contributed by atoms with Crippen LogP contribution in [0.2, 0.25) is 0 Å². The maximum Gasteiger partial charge on any atom is 0.408 e. The van der Waals surface area contributed by atoms with Gasteiger partial charge in [0.1, 0.15) is 5.75 Å². The van der Waals surface area contributed by atoms with E-state index < -0.39 is 6.09 Å². The van der Waals surface area contributed by atoms with Gasteiger partial charge in [0, 0.05) is 13.5 Å². The predicted octanol–water partition coefficient (Wildman–Crippen LogP) is 1.63. The second-order valence-electron chi connectivity index (χ2n) is 5.08. The fraction of sp³-hybridized carbons (Fsp3) is 0.533. The van der Waals surface area contributed by atoms with Gasteiger partial charge in [-0.05, 0) is 24.6 Å². The van der Waals surface area contributed by atoms with Gasteiger partial charge >= 0.3 is 6.09 Å². The summed E-state index contributed by atoms with van der Waals surface area (Å²) in [7, 11) is 1.57. The van der Waals surface area contributed by atoms with Crippen molar-refractivity contribution in [3.63, 3.8) is 0 Å². The topological polar surface area (TPSA) is 77.0 Å². The van der Waals surface area contributed by atoms with E-state index in [1.807, 2.05) is 24.3 Å². The number of nitrogens with one attached hydrogen (secondary N) is 1. The third kappa shape index (κ3) is 4.34. The maximum absolute atomic E-state index is 11.3. The van der Waals surface area contributed by atoms with Crippen molar-refractivity contribution in [3.8, 4) is 5.75 Å². The summed E-state index contributed by atoms with van der Waals surface area (Å²) in [6.45, 7) is 2.54. The quantitative estimate of drug-likeness (QED) is 0.799. The van der Waals surface area contributed by atoms with Gasteiger partial charge in [-0.1, -0.05) is 12.1 Å². The molecule has 6 nitrogen and oxygen atoms in total. The lowest BCUT2D eigenvalue weighted by atomic mass is 10.0. The molecule has 1 amide bonds. The molecule has 1 aromatic rings. The van der Waals surface area contributed by atoms with Crippen LogP contribution >= 0.6 is 0 Å². The van der Waals surface area contributed by atoms with Crippen LogP contribution in [0.15, 0.2) is 24.3 Å². The maximum atomic E-state index is 11.3. The van der Waals surface area contributed by atoms with Crippen molar-refractivity contribution >= 4 is 6.09 Å². The van der Waals surface area contributed by atoms with Crippen molar-refractivity contribution in [1.82, 2.24) is 5.32 Å². The monoisotopic (exact) mass is 295 g/mol. The molecule has 1 heterocycles. The molecule has 1 aliphatic rings. The number of hydrogen-bond donors (Lipinski definition) is 2. The van der Waals surface area contributed by atoms with E-state index in [2.05, 4.69) is 5.32 Å². The van der Waals surface area contributed by atoms with Crippen LogP contribution in [0.4, 0.5) is 4.79 Å². The Morgan fingerprint density at radius 3 is 2.71 bits per heavy atom. The standard InChI is InChI=1S/C15H21NO5/c1-10(17)7-8-20-12-5-3-11(4-6-12)14-13(9-19-2)21-15(18)16-14/h3-6,10,13-14,17H,7-9H2,1-2H3,(H,16,18). The average molecular weight is 295 g/mol. The predicted molar refractivity (Wildman–Crippen MR) is 76.3 cm³/mol. The zero-order valence-corrected chi connectivity index (χ0v) is 12.2. The number of benzene rings is 1. The van der Waals surface area contributed by atoms with E-state index in [1.165, 1.54) is 0 Å². The minimum Gasteiger partial charge on any atom is -0.493 e. The first-order valence-corrected chi connectivity index (χ1v) is 6.97. The van der Waals surface area contributed by atoms with Crippen LogP contribution in [0.25, 0.3) is 0 Å². The molecule has 0 radical (unpaired) electrons. The molecular formula is C15H21NO5. The number of cyclic esters (lactones) is 1. The number of carbonyl (C=O) groups excluding carboxylic acids is 1. The van der Waals surface area contributed by atoms with Crippen LogP contribution in [-0.2, 0) is 9.47 Å². The van der Waals surface area contributed by atoms with Crippen LogP contribution in [0.3, 0.4) is 0 Å². The minimum absolute atomic E-state index is 0.219. The highest BCUT2D eigenvalue weighted by atomic mass is 16.6. The SMILES string of the molecule is COCC1OC(=O)NC1c1ccc(OCCC(C)O)cc1. The van der Waals surface area contributed by atoms with E-state index in [4.69, 9.17) is 14.2 Å². The first kappa shape index (κ1) is 15.6. The third-order valence-corrected chi connectivity index (χ3v) is 3.28. The third-order valence-electron chi connectivity index (χ3n) is 3.28. The molecule has 3 atom stereocenters. The van der Waals surface area contributed by atoms with E-state index in [0.29, 0.717) is 19.6 Å². The largest absolute Gasteiger partial charge is 0.493 e. The highest BCUT2D eigenvalue weighted by molar-refractivity contribution is 5.70. The lowest BCUT2D eigenvalue weighted by Crippen LogP contribution is -2.25. The minimum atomic E-state index is -0.431. The summed E-state index contributed by atoms with van der Waals surface area (Å²) in [5.74, 6) is 0.730. The van der Waals surface area contributed by atoms with Crippen LogP contribution in [0.1, 0.15) is 24.9 Å². The molecule has 0 spiro atoms.